The smallest absolute Gasteiger partial charge is 0.387 e. The third-order valence-electron chi connectivity index (χ3n) is 4.70. The zero-order valence-corrected chi connectivity index (χ0v) is 18.3. The molecule has 1 N–H and O–H groups in total. The summed E-state index contributed by atoms with van der Waals surface area (Å²) in [6, 6.07) is 14.3. The molecule has 2 aromatic carbocycles. The Balaban J connectivity index is 1.50. The molecular weight excluding hydrogens is 471 g/mol. The second-order valence-electron chi connectivity index (χ2n) is 7.14. The summed E-state index contributed by atoms with van der Waals surface area (Å²) in [4.78, 5) is 31.5. The second-order valence-corrected chi connectivity index (χ2v) is 8.31. The maximum atomic E-state index is 13.1. The Morgan fingerprint density at radius 1 is 1.15 bits per heavy atom. The zero-order valence-electron chi connectivity index (χ0n) is 17.5. The fourth-order valence-electron chi connectivity index (χ4n) is 3.16. The van der Waals surface area contributed by atoms with Crippen molar-refractivity contribution in [3.05, 3.63) is 78.5 Å². The first-order chi connectivity index (χ1) is 16.4. The van der Waals surface area contributed by atoms with Gasteiger partial charge in [-0.15, -0.1) is 0 Å². The van der Waals surface area contributed by atoms with Gasteiger partial charge < -0.3 is 14.5 Å². The minimum atomic E-state index is -2.94. The number of amides is 2. The van der Waals surface area contributed by atoms with Gasteiger partial charge in [-0.2, -0.15) is 8.78 Å². The molecule has 1 fully saturated rings. The molecule has 2 heterocycles. The molecule has 1 atom stereocenters. The summed E-state index contributed by atoms with van der Waals surface area (Å²) < 4.78 is 47.5. The number of alkyl halides is 2. The molecule has 7 nitrogen and oxygen atoms in total. The van der Waals surface area contributed by atoms with E-state index in [-0.39, 0.29) is 24.6 Å². The van der Waals surface area contributed by atoms with Crippen molar-refractivity contribution in [2.24, 2.45) is 4.99 Å². The summed E-state index contributed by atoms with van der Waals surface area (Å²) in [5.41, 5.74) is 0.826. The molecule has 4 rings (SSSR count). The number of rotatable bonds is 8. The number of thioether (sulfide) groups is 1. The lowest BCUT2D eigenvalue weighted by Crippen LogP contribution is -2.33. The van der Waals surface area contributed by atoms with Crippen LogP contribution in [0, 0.1) is 5.82 Å². The third kappa shape index (κ3) is 5.98. The monoisotopic (exact) mass is 489 g/mol. The number of carbonyl (C=O) groups is 2. The zero-order chi connectivity index (χ0) is 24.1. The Bertz CT molecular complexity index is 1170. The van der Waals surface area contributed by atoms with Crippen LogP contribution in [0.25, 0.3) is 0 Å². The van der Waals surface area contributed by atoms with E-state index in [0.29, 0.717) is 22.3 Å². The van der Waals surface area contributed by atoms with Gasteiger partial charge in [-0.05, 0) is 60.7 Å². The summed E-state index contributed by atoms with van der Waals surface area (Å²) in [6.07, 6.45) is 1.35. The molecular formula is C23H18F3N3O4S. The fraction of sp³-hybridized carbons (Fsp3) is 0.174. The number of carbonyl (C=O) groups excluding carboxylic acids is 2. The van der Waals surface area contributed by atoms with Gasteiger partial charge in [0.25, 0.3) is 0 Å². The number of hydrogen-bond acceptors (Lipinski definition) is 6. The van der Waals surface area contributed by atoms with Crippen molar-refractivity contribution in [2.45, 2.75) is 24.8 Å². The molecule has 34 heavy (non-hydrogen) atoms. The van der Waals surface area contributed by atoms with Crippen LogP contribution in [0.5, 0.6) is 5.75 Å². The molecule has 0 saturated carbocycles. The van der Waals surface area contributed by atoms with Crippen molar-refractivity contribution in [3.63, 3.8) is 0 Å². The first-order valence-electron chi connectivity index (χ1n) is 10.1. The normalized spacial score (nSPS) is 16.9. The van der Waals surface area contributed by atoms with Gasteiger partial charge in [0.05, 0.1) is 18.5 Å². The lowest BCUT2D eigenvalue weighted by Gasteiger charge is -2.15. The van der Waals surface area contributed by atoms with Gasteiger partial charge in [-0.3, -0.25) is 14.5 Å². The summed E-state index contributed by atoms with van der Waals surface area (Å²) in [5, 5.41) is 2.24. The highest BCUT2D eigenvalue weighted by atomic mass is 32.2. The van der Waals surface area contributed by atoms with E-state index < -0.39 is 23.6 Å². The van der Waals surface area contributed by atoms with Gasteiger partial charge in [0.1, 0.15) is 22.6 Å². The molecule has 1 aliphatic rings. The van der Waals surface area contributed by atoms with E-state index in [0.717, 1.165) is 11.8 Å². The number of furan rings is 1. The van der Waals surface area contributed by atoms with E-state index in [1.807, 2.05) is 0 Å². The third-order valence-corrected chi connectivity index (χ3v) is 5.87. The summed E-state index contributed by atoms with van der Waals surface area (Å²) >= 11 is 1.11. The van der Waals surface area contributed by atoms with Crippen LogP contribution < -0.4 is 10.1 Å². The van der Waals surface area contributed by atoms with Crippen molar-refractivity contribution < 1.29 is 31.9 Å². The maximum Gasteiger partial charge on any atom is 0.387 e. The van der Waals surface area contributed by atoms with E-state index in [1.165, 1.54) is 59.7 Å². The lowest BCUT2D eigenvalue weighted by molar-refractivity contribution is -0.128. The Kier molecular flexibility index (Phi) is 7.21. The molecule has 3 aromatic rings. The summed E-state index contributed by atoms with van der Waals surface area (Å²) in [5.74, 6) is -0.657. The van der Waals surface area contributed by atoms with Crippen molar-refractivity contribution in [1.29, 1.82) is 0 Å². The number of benzene rings is 2. The van der Waals surface area contributed by atoms with Gasteiger partial charge in [0.2, 0.25) is 11.8 Å². The van der Waals surface area contributed by atoms with Crippen LogP contribution in [0.3, 0.4) is 0 Å². The highest BCUT2D eigenvalue weighted by molar-refractivity contribution is 8.15. The molecule has 2 amide bonds. The highest BCUT2D eigenvalue weighted by Gasteiger charge is 2.39. The van der Waals surface area contributed by atoms with Gasteiger partial charge in [0.15, 0.2) is 5.17 Å². The largest absolute Gasteiger partial charge is 0.467 e. The number of amidine groups is 1. The van der Waals surface area contributed by atoms with E-state index in [1.54, 1.807) is 12.1 Å². The van der Waals surface area contributed by atoms with Gasteiger partial charge in [0, 0.05) is 12.1 Å². The molecule has 11 heteroatoms. The van der Waals surface area contributed by atoms with Crippen LogP contribution >= 0.6 is 11.8 Å². The van der Waals surface area contributed by atoms with Crippen LogP contribution in [0.4, 0.5) is 24.5 Å². The fourth-order valence-corrected chi connectivity index (χ4v) is 4.31. The minimum Gasteiger partial charge on any atom is -0.467 e. The van der Waals surface area contributed by atoms with Crippen LogP contribution in [0.2, 0.25) is 0 Å². The first kappa shape index (κ1) is 23.4. The number of hydrogen-bond donors (Lipinski definition) is 1. The molecule has 1 saturated heterocycles. The number of nitrogens with one attached hydrogen (secondary N) is 1. The first-order valence-corrected chi connectivity index (χ1v) is 10.9. The van der Waals surface area contributed by atoms with Gasteiger partial charge in [-0.1, -0.05) is 11.8 Å². The number of halogens is 3. The molecule has 0 bridgehead atoms. The van der Waals surface area contributed by atoms with E-state index in [2.05, 4.69) is 15.0 Å². The standard InChI is InChI=1S/C23H18F3N3O4S/c24-14-3-5-15(6-4-14)27-20(30)12-19-21(31)29(13-18-2-1-11-32-18)23(34-19)28-16-7-9-17(10-8-16)33-22(25)26/h1-11,19,22H,12-13H2,(H,27,30). The van der Waals surface area contributed by atoms with Gasteiger partial charge in [-0.25, -0.2) is 9.38 Å². The van der Waals surface area contributed by atoms with Crippen molar-refractivity contribution in [1.82, 2.24) is 4.90 Å². The molecule has 1 aromatic heterocycles. The lowest BCUT2D eigenvalue weighted by atomic mass is 10.2. The van der Waals surface area contributed by atoms with Crippen LogP contribution in [0.1, 0.15) is 12.2 Å². The number of anilines is 1. The predicted molar refractivity (Wildman–Crippen MR) is 120 cm³/mol. The minimum absolute atomic E-state index is 0.0168. The van der Waals surface area contributed by atoms with Gasteiger partial charge >= 0.3 is 6.61 Å². The van der Waals surface area contributed by atoms with Crippen LogP contribution in [-0.4, -0.2) is 33.7 Å². The average molecular weight is 489 g/mol. The molecule has 0 aliphatic carbocycles. The SMILES string of the molecule is O=C(CC1SC(=Nc2ccc(OC(F)F)cc2)N(Cc2ccco2)C1=O)Nc1ccc(F)cc1. The van der Waals surface area contributed by atoms with Crippen molar-refractivity contribution in [2.75, 3.05) is 5.32 Å². The quantitative estimate of drug-likeness (QED) is 0.471. The Labute approximate surface area is 196 Å². The van der Waals surface area contributed by atoms with E-state index in [4.69, 9.17) is 4.42 Å². The Morgan fingerprint density at radius 3 is 2.53 bits per heavy atom. The van der Waals surface area contributed by atoms with Crippen LogP contribution in [0.15, 0.2) is 76.3 Å². The molecule has 0 spiro atoms. The maximum absolute atomic E-state index is 13.1. The van der Waals surface area contributed by atoms with Crippen molar-refractivity contribution >= 4 is 40.1 Å². The molecule has 0 radical (unpaired) electrons. The average Bonchev–Trinajstić information content (AvgIpc) is 3.41. The van der Waals surface area contributed by atoms with E-state index >= 15 is 0 Å². The second kappa shape index (κ2) is 10.5. The van der Waals surface area contributed by atoms with E-state index in [9.17, 15) is 22.8 Å². The number of ether oxygens (including phenoxy) is 1. The Morgan fingerprint density at radius 2 is 1.88 bits per heavy atom. The highest BCUT2D eigenvalue weighted by Crippen LogP contribution is 2.33. The molecule has 176 valence electrons. The number of aliphatic imine (C=N–C) groups is 1. The molecule has 1 aliphatic heterocycles. The summed E-state index contributed by atoms with van der Waals surface area (Å²) in [7, 11) is 0. The number of nitrogens with zero attached hydrogens (tertiary/aromatic N) is 2. The Hall–Kier alpha value is -3.73. The topological polar surface area (TPSA) is 84.1 Å². The molecule has 1 unspecified atom stereocenters. The van der Waals surface area contributed by atoms with Crippen LogP contribution in [-0.2, 0) is 16.1 Å². The summed E-state index contributed by atoms with van der Waals surface area (Å²) in [6.45, 7) is -2.83. The van der Waals surface area contributed by atoms with Crippen molar-refractivity contribution in [3.8, 4) is 5.75 Å². The predicted octanol–water partition coefficient (Wildman–Crippen LogP) is 5.18.